The summed E-state index contributed by atoms with van der Waals surface area (Å²) < 4.78 is 11.0. The molecular weight excluding hydrogens is 436 g/mol. The van der Waals surface area contributed by atoms with Crippen LogP contribution in [-0.2, 0) is 10.5 Å². The van der Waals surface area contributed by atoms with Crippen LogP contribution >= 0.6 is 23.4 Å². The minimum Gasteiger partial charge on any atom is -0.493 e. The number of halogens is 1. The van der Waals surface area contributed by atoms with E-state index in [0.29, 0.717) is 39.3 Å². The Labute approximate surface area is 190 Å². The quantitative estimate of drug-likeness (QED) is 0.718. The summed E-state index contributed by atoms with van der Waals surface area (Å²) in [6.45, 7) is 2.34. The first-order valence-corrected chi connectivity index (χ1v) is 11.2. The van der Waals surface area contributed by atoms with Crippen LogP contribution in [0.1, 0.15) is 30.4 Å². The van der Waals surface area contributed by atoms with Gasteiger partial charge in [0.05, 0.1) is 36.1 Å². The van der Waals surface area contributed by atoms with Crippen LogP contribution in [-0.4, -0.2) is 35.4 Å². The second-order valence-electron chi connectivity index (χ2n) is 7.27. The molecule has 8 heteroatoms. The van der Waals surface area contributed by atoms with E-state index >= 15 is 0 Å². The van der Waals surface area contributed by atoms with Crippen molar-refractivity contribution in [2.45, 2.75) is 25.0 Å². The molecule has 1 fully saturated rings. The Morgan fingerprint density at radius 1 is 1.29 bits per heavy atom. The van der Waals surface area contributed by atoms with Gasteiger partial charge in [-0.15, -0.1) is 11.8 Å². The number of fused-ring (bicyclic) bond motifs is 1. The summed E-state index contributed by atoms with van der Waals surface area (Å²) in [6.07, 6.45) is 0.0702. The second-order valence-corrected chi connectivity index (χ2v) is 8.67. The van der Waals surface area contributed by atoms with Crippen LogP contribution in [0.4, 0.5) is 0 Å². The number of methoxy groups -OCH3 is 1. The van der Waals surface area contributed by atoms with Gasteiger partial charge in [-0.3, -0.25) is 9.69 Å². The molecule has 2 aromatic carbocycles. The normalized spacial score (nSPS) is 22.9. The van der Waals surface area contributed by atoms with Crippen LogP contribution in [0.25, 0.3) is 0 Å². The van der Waals surface area contributed by atoms with Crippen LogP contribution in [0, 0.1) is 11.3 Å². The molecule has 31 heavy (non-hydrogen) atoms. The second kappa shape index (κ2) is 8.46. The predicted molar refractivity (Wildman–Crippen MR) is 119 cm³/mol. The van der Waals surface area contributed by atoms with Gasteiger partial charge >= 0.3 is 0 Å². The molecule has 2 aliphatic rings. The summed E-state index contributed by atoms with van der Waals surface area (Å²) in [6, 6.07) is 14.5. The predicted octanol–water partition coefficient (Wildman–Crippen LogP) is 4.39. The van der Waals surface area contributed by atoms with Crippen molar-refractivity contribution in [3.63, 3.8) is 0 Å². The molecule has 1 saturated heterocycles. The van der Waals surface area contributed by atoms with Gasteiger partial charge in [-0.25, -0.2) is 0 Å². The number of rotatable bonds is 5. The number of hydrogen-bond acceptors (Lipinski definition) is 6. The number of amides is 1. The molecule has 1 N–H and O–H groups in total. The molecular formula is C23H21ClN2O4S. The van der Waals surface area contributed by atoms with Crippen molar-refractivity contribution in [3.8, 4) is 17.6 Å². The van der Waals surface area contributed by atoms with Crippen molar-refractivity contribution >= 4 is 29.3 Å². The summed E-state index contributed by atoms with van der Waals surface area (Å²) in [4.78, 5) is 14.6. The van der Waals surface area contributed by atoms with Crippen molar-refractivity contribution in [2.24, 2.45) is 0 Å². The zero-order valence-electron chi connectivity index (χ0n) is 17.1. The lowest BCUT2D eigenvalue weighted by molar-refractivity contribution is -0.149. The van der Waals surface area contributed by atoms with Crippen molar-refractivity contribution < 1.29 is 19.4 Å². The molecule has 0 saturated carbocycles. The molecule has 0 radical (unpaired) electrons. The fraction of sp³-hybridized carbons (Fsp3) is 0.304. The minimum absolute atomic E-state index is 0.0702. The van der Waals surface area contributed by atoms with E-state index in [1.54, 1.807) is 37.4 Å². The number of carbonyl (C=O) groups excluding carboxylic acids is 1. The fourth-order valence-electron chi connectivity index (χ4n) is 4.02. The number of nitrogens with zero attached hydrogens (tertiary/aromatic N) is 2. The van der Waals surface area contributed by atoms with Crippen LogP contribution in [0.3, 0.4) is 0 Å². The summed E-state index contributed by atoms with van der Waals surface area (Å²) in [5, 5.41) is 22.5. The molecule has 0 bridgehead atoms. The summed E-state index contributed by atoms with van der Waals surface area (Å²) in [7, 11) is 1.56. The Balaban J connectivity index is 1.77. The third-order valence-electron chi connectivity index (χ3n) is 5.51. The van der Waals surface area contributed by atoms with Crippen LogP contribution in [0.15, 0.2) is 53.1 Å². The van der Waals surface area contributed by atoms with E-state index in [9.17, 15) is 15.2 Å². The summed E-state index contributed by atoms with van der Waals surface area (Å²) >= 11 is 7.29. The van der Waals surface area contributed by atoms with Gasteiger partial charge in [-0.2, -0.15) is 5.26 Å². The third kappa shape index (κ3) is 3.65. The Hall–Kier alpha value is -2.66. The molecule has 4 rings (SSSR count). The number of hydrogen-bond donors (Lipinski definition) is 1. The number of allylic oxidation sites excluding steroid dienone is 1. The Morgan fingerprint density at radius 3 is 2.68 bits per heavy atom. The van der Waals surface area contributed by atoms with E-state index in [-0.39, 0.29) is 18.1 Å². The van der Waals surface area contributed by atoms with Crippen LogP contribution in [0.5, 0.6) is 11.5 Å². The Kier molecular flexibility index (Phi) is 5.89. The standard InChI is InChI=1S/C23H21ClN2O4S/c1-3-30-20-10-14(4-9-19(20)29-2)17-11-21(27)26-22(18(17)12-25)31-13-23(26,28)15-5-7-16(24)8-6-15/h4-10,17,28H,3,11,13H2,1-2H3/t17-,23-/m0/s1. The van der Waals surface area contributed by atoms with Gasteiger partial charge in [0, 0.05) is 22.9 Å². The van der Waals surface area contributed by atoms with Gasteiger partial charge in [0.1, 0.15) is 0 Å². The molecule has 6 nitrogen and oxygen atoms in total. The molecule has 0 spiro atoms. The number of carbonyl (C=O) groups is 1. The first kappa shape index (κ1) is 21.6. The molecule has 0 unspecified atom stereocenters. The highest BCUT2D eigenvalue weighted by Crippen LogP contribution is 2.52. The fourth-order valence-corrected chi connectivity index (χ4v) is 5.50. The van der Waals surface area contributed by atoms with E-state index in [1.807, 2.05) is 19.1 Å². The van der Waals surface area contributed by atoms with E-state index < -0.39 is 11.6 Å². The van der Waals surface area contributed by atoms with Gasteiger partial charge in [0.2, 0.25) is 5.91 Å². The van der Waals surface area contributed by atoms with Gasteiger partial charge in [0.25, 0.3) is 0 Å². The minimum atomic E-state index is -1.52. The number of thioether (sulfide) groups is 1. The molecule has 1 amide bonds. The third-order valence-corrected chi connectivity index (χ3v) is 6.98. The molecule has 0 aliphatic carbocycles. The summed E-state index contributed by atoms with van der Waals surface area (Å²) in [5.41, 5.74) is 0.294. The Morgan fingerprint density at radius 2 is 2.03 bits per heavy atom. The first-order chi connectivity index (χ1) is 14.9. The number of ether oxygens (including phenoxy) is 2. The maximum Gasteiger partial charge on any atom is 0.231 e. The van der Waals surface area contributed by atoms with Crippen LogP contribution < -0.4 is 9.47 Å². The lowest BCUT2D eigenvalue weighted by atomic mass is 9.85. The monoisotopic (exact) mass is 456 g/mol. The maximum atomic E-state index is 13.2. The maximum absolute atomic E-state index is 13.2. The number of aliphatic hydroxyl groups is 1. The lowest BCUT2D eigenvalue weighted by Crippen LogP contribution is -2.48. The van der Waals surface area contributed by atoms with E-state index in [1.165, 1.54) is 16.7 Å². The highest BCUT2D eigenvalue weighted by atomic mass is 35.5. The smallest absolute Gasteiger partial charge is 0.231 e. The van der Waals surface area contributed by atoms with Crippen molar-refractivity contribution in [1.82, 2.24) is 4.90 Å². The van der Waals surface area contributed by atoms with Gasteiger partial charge in [-0.05, 0) is 36.8 Å². The van der Waals surface area contributed by atoms with E-state index in [2.05, 4.69) is 6.07 Å². The zero-order valence-corrected chi connectivity index (χ0v) is 18.7. The SMILES string of the molecule is CCOc1cc([C@@H]2CC(=O)N3C(=C2C#N)SC[C@]3(O)c2ccc(Cl)cc2)ccc1OC. The molecule has 2 aromatic rings. The van der Waals surface area contributed by atoms with Crippen molar-refractivity contribution in [3.05, 3.63) is 69.2 Å². The average molecular weight is 457 g/mol. The lowest BCUT2D eigenvalue weighted by Gasteiger charge is -2.38. The van der Waals surface area contributed by atoms with E-state index in [4.69, 9.17) is 21.1 Å². The Bertz CT molecular complexity index is 1100. The number of benzene rings is 2. The molecule has 2 aliphatic heterocycles. The summed E-state index contributed by atoms with van der Waals surface area (Å²) in [5.74, 6) is 0.730. The zero-order chi connectivity index (χ0) is 22.2. The molecule has 160 valence electrons. The topological polar surface area (TPSA) is 82.8 Å². The van der Waals surface area contributed by atoms with Crippen LogP contribution in [0.2, 0.25) is 5.02 Å². The number of nitriles is 1. The average Bonchev–Trinajstić information content (AvgIpc) is 3.13. The molecule has 2 heterocycles. The van der Waals surface area contributed by atoms with E-state index in [0.717, 1.165) is 5.56 Å². The highest BCUT2D eigenvalue weighted by Gasteiger charge is 2.51. The highest BCUT2D eigenvalue weighted by molar-refractivity contribution is 8.03. The molecule has 0 aromatic heterocycles. The molecule has 2 atom stereocenters. The largest absolute Gasteiger partial charge is 0.493 e. The first-order valence-electron chi connectivity index (χ1n) is 9.82. The van der Waals surface area contributed by atoms with Crippen molar-refractivity contribution in [1.29, 1.82) is 5.26 Å². The van der Waals surface area contributed by atoms with Gasteiger partial charge < -0.3 is 14.6 Å². The van der Waals surface area contributed by atoms with Crippen molar-refractivity contribution in [2.75, 3.05) is 19.5 Å². The van der Waals surface area contributed by atoms with Gasteiger partial charge in [-0.1, -0.05) is 29.8 Å². The van der Waals surface area contributed by atoms with Gasteiger partial charge in [0.15, 0.2) is 17.2 Å².